The Morgan fingerprint density at radius 2 is 0.675 bits per heavy atom. The lowest BCUT2D eigenvalue weighted by molar-refractivity contribution is 0.105. The topological polar surface area (TPSA) is 18.5 Å². The molecular weight excluding hydrogens is 488 g/mol. The summed E-state index contributed by atoms with van der Waals surface area (Å²) in [5.74, 6) is 0. The monoisotopic (exact) mass is 518 g/mol. The van der Waals surface area contributed by atoms with Crippen LogP contribution in [0.4, 0.5) is 0 Å². The standard InChI is InChI=1S/C38H30O2/c1-5-16-33-29(12-1)21-30-13-2-6-17-34(30)37(33)25-39-23-27-10-9-11-28(20-27)24-40-26-38-35-18-7-3-14-31(35)22-32-15-4-8-19-36(32)38/h1-22H,23-26H2. The maximum Gasteiger partial charge on any atom is 0.0733 e. The molecule has 7 rings (SSSR count). The first-order valence-electron chi connectivity index (χ1n) is 13.9. The molecule has 0 aliphatic carbocycles. The normalized spacial score (nSPS) is 11.6. The number of fused-ring (bicyclic) bond motifs is 4. The third-order valence-corrected chi connectivity index (χ3v) is 7.79. The minimum Gasteiger partial charge on any atom is -0.372 e. The summed E-state index contributed by atoms with van der Waals surface area (Å²) in [4.78, 5) is 0. The molecule has 0 aliphatic heterocycles. The quantitative estimate of drug-likeness (QED) is 0.186. The Bertz CT molecular complexity index is 1720. The molecule has 0 atom stereocenters. The summed E-state index contributed by atoms with van der Waals surface area (Å²) in [6.07, 6.45) is 0. The molecule has 0 aliphatic rings. The molecule has 194 valence electrons. The van der Waals surface area contributed by atoms with Gasteiger partial charge in [-0.1, -0.05) is 121 Å². The van der Waals surface area contributed by atoms with Gasteiger partial charge in [0.2, 0.25) is 0 Å². The van der Waals surface area contributed by atoms with Gasteiger partial charge in [0.25, 0.3) is 0 Å². The Labute approximate surface area is 234 Å². The smallest absolute Gasteiger partial charge is 0.0733 e. The number of hydrogen-bond acceptors (Lipinski definition) is 2. The molecule has 7 aromatic carbocycles. The summed E-state index contributed by atoms with van der Waals surface area (Å²) in [5.41, 5.74) is 4.80. The fourth-order valence-corrected chi connectivity index (χ4v) is 5.88. The molecule has 0 heterocycles. The fourth-order valence-electron chi connectivity index (χ4n) is 5.88. The minimum absolute atomic E-state index is 0.555. The van der Waals surface area contributed by atoms with Gasteiger partial charge in [0, 0.05) is 0 Å². The first kappa shape index (κ1) is 24.5. The molecular formula is C38H30O2. The van der Waals surface area contributed by atoms with Crippen molar-refractivity contribution in [2.75, 3.05) is 0 Å². The van der Waals surface area contributed by atoms with Crippen LogP contribution in [0.3, 0.4) is 0 Å². The number of ether oxygens (including phenoxy) is 2. The van der Waals surface area contributed by atoms with Crippen LogP contribution in [0.15, 0.2) is 133 Å². The van der Waals surface area contributed by atoms with E-state index in [0.29, 0.717) is 26.4 Å². The second kappa shape index (κ2) is 10.9. The third kappa shape index (κ3) is 4.84. The van der Waals surface area contributed by atoms with E-state index in [1.54, 1.807) is 0 Å². The molecule has 0 aromatic heterocycles. The number of benzene rings is 7. The van der Waals surface area contributed by atoms with E-state index in [0.717, 1.165) is 11.1 Å². The van der Waals surface area contributed by atoms with Gasteiger partial charge in [-0.05, 0) is 77.5 Å². The second-order valence-corrected chi connectivity index (χ2v) is 10.4. The van der Waals surface area contributed by atoms with Gasteiger partial charge in [-0.2, -0.15) is 0 Å². The van der Waals surface area contributed by atoms with E-state index < -0.39 is 0 Å². The van der Waals surface area contributed by atoms with E-state index in [9.17, 15) is 0 Å². The fraction of sp³-hybridized carbons (Fsp3) is 0.105. The first-order valence-corrected chi connectivity index (χ1v) is 13.9. The summed E-state index contributed by atoms with van der Waals surface area (Å²) >= 11 is 0. The summed E-state index contributed by atoms with van der Waals surface area (Å²) in [7, 11) is 0. The largest absolute Gasteiger partial charge is 0.372 e. The molecule has 0 spiro atoms. The highest BCUT2D eigenvalue weighted by atomic mass is 16.5. The molecule has 40 heavy (non-hydrogen) atoms. The molecule has 2 heteroatoms. The summed E-state index contributed by atoms with van der Waals surface area (Å²) < 4.78 is 12.6. The molecule has 7 aromatic rings. The van der Waals surface area contributed by atoms with Crippen molar-refractivity contribution in [2.24, 2.45) is 0 Å². The van der Waals surface area contributed by atoms with Gasteiger partial charge in [-0.25, -0.2) is 0 Å². The summed E-state index contributed by atoms with van der Waals surface area (Å²) in [6.45, 7) is 2.24. The average Bonchev–Trinajstić information content (AvgIpc) is 3.00. The van der Waals surface area contributed by atoms with Crippen LogP contribution in [0.5, 0.6) is 0 Å². The molecule has 0 bridgehead atoms. The predicted octanol–water partition coefficient (Wildman–Crippen LogP) is 9.73. The zero-order chi connectivity index (χ0) is 26.7. The van der Waals surface area contributed by atoms with Gasteiger partial charge in [0.05, 0.1) is 26.4 Å². The molecule has 0 N–H and O–H groups in total. The second-order valence-electron chi connectivity index (χ2n) is 10.4. The highest BCUT2D eigenvalue weighted by Crippen LogP contribution is 2.30. The maximum absolute atomic E-state index is 6.31. The van der Waals surface area contributed by atoms with Crippen LogP contribution in [0, 0.1) is 0 Å². The highest BCUT2D eigenvalue weighted by molar-refractivity contribution is 6.03. The van der Waals surface area contributed by atoms with E-state index in [4.69, 9.17) is 9.47 Å². The Morgan fingerprint density at radius 3 is 1.05 bits per heavy atom. The van der Waals surface area contributed by atoms with Crippen LogP contribution in [-0.2, 0) is 35.9 Å². The average molecular weight is 519 g/mol. The van der Waals surface area contributed by atoms with E-state index in [2.05, 4.69) is 133 Å². The van der Waals surface area contributed by atoms with Crippen molar-refractivity contribution in [3.05, 3.63) is 156 Å². The lowest BCUT2D eigenvalue weighted by atomic mass is 9.97. The first-order chi connectivity index (χ1) is 19.8. The van der Waals surface area contributed by atoms with Crippen molar-refractivity contribution in [2.45, 2.75) is 26.4 Å². The lowest BCUT2D eigenvalue weighted by Gasteiger charge is -2.13. The third-order valence-electron chi connectivity index (χ3n) is 7.79. The Hall–Kier alpha value is -4.50. The SMILES string of the molecule is c1cc(COCc2c3ccccc3cc3ccccc23)cc(COCc2c3ccccc3cc3ccccc23)c1. The summed E-state index contributed by atoms with van der Waals surface area (Å²) in [6, 6.07) is 47.3. The van der Waals surface area contributed by atoms with Crippen molar-refractivity contribution in [1.29, 1.82) is 0 Å². The van der Waals surface area contributed by atoms with Crippen molar-refractivity contribution in [3.8, 4) is 0 Å². The predicted molar refractivity (Wildman–Crippen MR) is 166 cm³/mol. The van der Waals surface area contributed by atoms with Gasteiger partial charge in [0.1, 0.15) is 0 Å². The van der Waals surface area contributed by atoms with Gasteiger partial charge in [-0.3, -0.25) is 0 Å². The molecule has 0 radical (unpaired) electrons. The molecule has 0 saturated heterocycles. The van der Waals surface area contributed by atoms with Crippen LogP contribution < -0.4 is 0 Å². The van der Waals surface area contributed by atoms with Crippen molar-refractivity contribution < 1.29 is 9.47 Å². The number of hydrogen-bond donors (Lipinski definition) is 0. The maximum atomic E-state index is 6.31. The lowest BCUT2D eigenvalue weighted by Crippen LogP contribution is -1.99. The van der Waals surface area contributed by atoms with Crippen molar-refractivity contribution in [1.82, 2.24) is 0 Å². The molecule has 0 amide bonds. The van der Waals surface area contributed by atoms with E-state index in [-0.39, 0.29) is 0 Å². The van der Waals surface area contributed by atoms with E-state index >= 15 is 0 Å². The van der Waals surface area contributed by atoms with Crippen LogP contribution in [-0.4, -0.2) is 0 Å². The van der Waals surface area contributed by atoms with Gasteiger partial charge in [0.15, 0.2) is 0 Å². The Balaban J connectivity index is 1.06. The van der Waals surface area contributed by atoms with E-state index in [1.807, 2.05) is 0 Å². The van der Waals surface area contributed by atoms with Crippen LogP contribution in [0.25, 0.3) is 43.1 Å². The van der Waals surface area contributed by atoms with Gasteiger partial charge < -0.3 is 9.47 Å². The Kier molecular flexibility index (Phi) is 6.71. The zero-order valence-corrected chi connectivity index (χ0v) is 22.3. The summed E-state index contributed by atoms with van der Waals surface area (Å²) in [5, 5.41) is 10.0. The van der Waals surface area contributed by atoms with Crippen LogP contribution >= 0.6 is 0 Å². The minimum atomic E-state index is 0.555. The molecule has 0 unspecified atom stereocenters. The van der Waals surface area contributed by atoms with Crippen molar-refractivity contribution in [3.63, 3.8) is 0 Å². The van der Waals surface area contributed by atoms with Crippen molar-refractivity contribution >= 4 is 43.1 Å². The van der Waals surface area contributed by atoms with E-state index in [1.165, 1.54) is 54.2 Å². The van der Waals surface area contributed by atoms with Crippen LogP contribution in [0.1, 0.15) is 22.3 Å². The zero-order valence-electron chi connectivity index (χ0n) is 22.3. The Morgan fingerprint density at radius 1 is 0.325 bits per heavy atom. The van der Waals surface area contributed by atoms with Gasteiger partial charge in [-0.15, -0.1) is 0 Å². The molecule has 0 fully saturated rings. The van der Waals surface area contributed by atoms with Crippen LogP contribution in [0.2, 0.25) is 0 Å². The highest BCUT2D eigenvalue weighted by Gasteiger charge is 2.10. The number of rotatable bonds is 8. The molecule has 0 saturated carbocycles. The van der Waals surface area contributed by atoms with Gasteiger partial charge >= 0.3 is 0 Å². The molecule has 2 nitrogen and oxygen atoms in total.